The van der Waals surface area contributed by atoms with Gasteiger partial charge in [0.15, 0.2) is 6.10 Å². The first-order valence-electron chi connectivity index (χ1n) is 5.54. The fourth-order valence-electron chi connectivity index (χ4n) is 1.84. The van der Waals surface area contributed by atoms with Gasteiger partial charge in [-0.1, -0.05) is 40.2 Å². The molecule has 0 amide bonds. The molecule has 0 aliphatic rings. The van der Waals surface area contributed by atoms with E-state index < -0.39 is 12.1 Å². The number of benzene rings is 2. The molecular formula is C14H13BrO3. The molecule has 0 radical (unpaired) electrons. The smallest absolute Gasteiger partial charge is 0.335 e. The van der Waals surface area contributed by atoms with Crippen molar-refractivity contribution in [2.75, 3.05) is 7.11 Å². The highest BCUT2D eigenvalue weighted by Crippen LogP contribution is 2.21. The molecule has 2 aromatic rings. The molecule has 2 aromatic carbocycles. The lowest BCUT2D eigenvalue weighted by Gasteiger charge is -2.09. The second-order valence-electron chi connectivity index (χ2n) is 4.07. The second kappa shape index (κ2) is 5.50. The van der Waals surface area contributed by atoms with Gasteiger partial charge in [-0.25, -0.2) is 4.79 Å². The largest absolute Gasteiger partial charge is 0.467 e. The van der Waals surface area contributed by atoms with Crippen LogP contribution in [0.2, 0.25) is 0 Å². The average Bonchev–Trinajstić information content (AvgIpc) is 2.38. The highest BCUT2D eigenvalue weighted by atomic mass is 79.9. The van der Waals surface area contributed by atoms with Crippen LogP contribution in [0.3, 0.4) is 0 Å². The quantitative estimate of drug-likeness (QED) is 0.887. The van der Waals surface area contributed by atoms with Gasteiger partial charge in [0, 0.05) is 10.9 Å². The Labute approximate surface area is 114 Å². The van der Waals surface area contributed by atoms with Crippen LogP contribution in [0.25, 0.3) is 10.8 Å². The zero-order chi connectivity index (χ0) is 13.1. The number of rotatable bonds is 3. The van der Waals surface area contributed by atoms with E-state index in [0.717, 1.165) is 20.8 Å². The van der Waals surface area contributed by atoms with Gasteiger partial charge in [0.25, 0.3) is 0 Å². The molecule has 1 unspecified atom stereocenters. The molecule has 18 heavy (non-hydrogen) atoms. The van der Waals surface area contributed by atoms with Crippen LogP contribution in [0.15, 0.2) is 40.9 Å². The van der Waals surface area contributed by atoms with Crippen molar-refractivity contribution >= 4 is 32.7 Å². The summed E-state index contributed by atoms with van der Waals surface area (Å²) in [5, 5.41) is 11.8. The van der Waals surface area contributed by atoms with Gasteiger partial charge in [-0.2, -0.15) is 0 Å². The number of ether oxygens (including phenoxy) is 1. The van der Waals surface area contributed by atoms with Crippen LogP contribution in [-0.4, -0.2) is 24.3 Å². The van der Waals surface area contributed by atoms with Crippen LogP contribution in [0, 0.1) is 0 Å². The number of methoxy groups -OCH3 is 1. The molecule has 0 saturated heterocycles. The number of hydrogen-bond donors (Lipinski definition) is 1. The maximum Gasteiger partial charge on any atom is 0.335 e. The number of carbonyl (C=O) groups is 1. The Morgan fingerprint density at radius 2 is 1.94 bits per heavy atom. The number of aliphatic hydroxyl groups excluding tert-OH is 1. The number of aliphatic hydroxyl groups is 1. The fraction of sp³-hybridized carbons (Fsp3) is 0.214. The third-order valence-electron chi connectivity index (χ3n) is 2.77. The van der Waals surface area contributed by atoms with Crippen LogP contribution >= 0.6 is 15.9 Å². The van der Waals surface area contributed by atoms with E-state index in [9.17, 15) is 9.90 Å². The predicted octanol–water partition coefficient (Wildman–Crippen LogP) is 2.68. The summed E-state index contributed by atoms with van der Waals surface area (Å²) in [5.74, 6) is -0.606. The third kappa shape index (κ3) is 2.89. The number of fused-ring (bicyclic) bond motifs is 1. The zero-order valence-corrected chi connectivity index (χ0v) is 11.5. The molecule has 1 atom stereocenters. The fourth-order valence-corrected chi connectivity index (χ4v) is 2.21. The van der Waals surface area contributed by atoms with E-state index in [0.29, 0.717) is 0 Å². The average molecular weight is 309 g/mol. The predicted molar refractivity (Wildman–Crippen MR) is 73.4 cm³/mol. The molecule has 0 saturated carbocycles. The van der Waals surface area contributed by atoms with Crippen molar-refractivity contribution in [1.82, 2.24) is 0 Å². The number of halogens is 1. The highest BCUT2D eigenvalue weighted by Gasteiger charge is 2.15. The van der Waals surface area contributed by atoms with Crippen molar-refractivity contribution < 1.29 is 14.6 Å². The summed E-state index contributed by atoms with van der Waals surface area (Å²) >= 11 is 3.42. The summed E-state index contributed by atoms with van der Waals surface area (Å²) in [4.78, 5) is 11.1. The SMILES string of the molecule is COC(=O)C(O)Cc1ccc2cc(Br)ccc2c1. The molecule has 0 bridgehead atoms. The lowest BCUT2D eigenvalue weighted by Crippen LogP contribution is -2.24. The first-order valence-corrected chi connectivity index (χ1v) is 6.33. The Kier molecular flexibility index (Phi) is 3.99. The van der Waals surface area contributed by atoms with Crippen LogP contribution in [0.4, 0.5) is 0 Å². The van der Waals surface area contributed by atoms with Crippen LogP contribution in [-0.2, 0) is 16.0 Å². The molecule has 4 heteroatoms. The van der Waals surface area contributed by atoms with Crippen molar-refractivity contribution in [1.29, 1.82) is 0 Å². The molecule has 0 aliphatic heterocycles. The van der Waals surface area contributed by atoms with Crippen molar-refractivity contribution in [3.63, 3.8) is 0 Å². The van der Waals surface area contributed by atoms with Crippen molar-refractivity contribution in [2.45, 2.75) is 12.5 Å². The normalized spacial score (nSPS) is 12.4. The maximum atomic E-state index is 11.1. The molecule has 3 nitrogen and oxygen atoms in total. The summed E-state index contributed by atoms with van der Waals surface area (Å²) in [6.07, 6.45) is -0.846. The van der Waals surface area contributed by atoms with Crippen molar-refractivity contribution in [2.24, 2.45) is 0 Å². The van der Waals surface area contributed by atoms with Crippen LogP contribution in [0.1, 0.15) is 5.56 Å². The van der Waals surface area contributed by atoms with Gasteiger partial charge in [0.1, 0.15) is 0 Å². The molecular weight excluding hydrogens is 296 g/mol. The monoisotopic (exact) mass is 308 g/mol. The number of hydrogen-bond acceptors (Lipinski definition) is 3. The minimum atomic E-state index is -1.11. The van der Waals surface area contributed by atoms with Gasteiger partial charge in [0.2, 0.25) is 0 Å². The van der Waals surface area contributed by atoms with E-state index in [4.69, 9.17) is 0 Å². The molecule has 94 valence electrons. The standard InChI is InChI=1S/C14H13BrO3/c1-18-14(17)13(16)7-9-2-3-11-8-12(15)5-4-10(11)6-9/h2-6,8,13,16H,7H2,1H3. The Hall–Kier alpha value is -1.39. The Morgan fingerprint density at radius 1 is 1.28 bits per heavy atom. The van der Waals surface area contributed by atoms with Gasteiger partial charge >= 0.3 is 5.97 Å². The van der Waals surface area contributed by atoms with E-state index in [2.05, 4.69) is 20.7 Å². The van der Waals surface area contributed by atoms with Gasteiger partial charge in [0.05, 0.1) is 7.11 Å². The van der Waals surface area contributed by atoms with E-state index >= 15 is 0 Å². The molecule has 0 aliphatic carbocycles. The molecule has 2 rings (SSSR count). The molecule has 0 spiro atoms. The summed E-state index contributed by atoms with van der Waals surface area (Å²) in [6.45, 7) is 0. The Morgan fingerprint density at radius 3 is 2.67 bits per heavy atom. The summed E-state index contributed by atoms with van der Waals surface area (Å²) in [6, 6.07) is 11.8. The van der Waals surface area contributed by atoms with E-state index in [-0.39, 0.29) is 6.42 Å². The molecule has 0 aromatic heterocycles. The first kappa shape index (κ1) is 13.1. The van der Waals surface area contributed by atoms with Crippen molar-refractivity contribution in [3.8, 4) is 0 Å². The summed E-state index contributed by atoms with van der Waals surface area (Å²) in [7, 11) is 1.27. The lowest BCUT2D eigenvalue weighted by molar-refractivity contribution is -0.150. The van der Waals surface area contributed by atoms with Crippen LogP contribution < -0.4 is 0 Å². The number of esters is 1. The minimum absolute atomic E-state index is 0.263. The number of carbonyl (C=O) groups excluding carboxylic acids is 1. The summed E-state index contributed by atoms with van der Waals surface area (Å²) in [5.41, 5.74) is 0.905. The van der Waals surface area contributed by atoms with E-state index in [1.807, 2.05) is 36.4 Å². The van der Waals surface area contributed by atoms with E-state index in [1.165, 1.54) is 7.11 Å². The first-order chi connectivity index (χ1) is 8.60. The maximum absolute atomic E-state index is 11.1. The van der Waals surface area contributed by atoms with Gasteiger partial charge in [-0.3, -0.25) is 0 Å². The summed E-state index contributed by atoms with van der Waals surface area (Å²) < 4.78 is 5.52. The minimum Gasteiger partial charge on any atom is -0.467 e. The third-order valence-corrected chi connectivity index (χ3v) is 3.26. The van der Waals surface area contributed by atoms with Gasteiger partial charge in [-0.15, -0.1) is 0 Å². The Bertz CT molecular complexity index is 580. The second-order valence-corrected chi connectivity index (χ2v) is 4.98. The topological polar surface area (TPSA) is 46.5 Å². The van der Waals surface area contributed by atoms with Crippen LogP contribution in [0.5, 0.6) is 0 Å². The van der Waals surface area contributed by atoms with E-state index in [1.54, 1.807) is 0 Å². The lowest BCUT2D eigenvalue weighted by atomic mass is 10.0. The molecule has 0 fully saturated rings. The zero-order valence-electron chi connectivity index (χ0n) is 9.89. The highest BCUT2D eigenvalue weighted by molar-refractivity contribution is 9.10. The molecule has 1 N–H and O–H groups in total. The van der Waals surface area contributed by atoms with Gasteiger partial charge < -0.3 is 9.84 Å². The van der Waals surface area contributed by atoms with Gasteiger partial charge in [-0.05, 0) is 28.5 Å². The van der Waals surface area contributed by atoms with Crippen molar-refractivity contribution in [3.05, 3.63) is 46.4 Å². The molecule has 0 heterocycles. The Balaban J connectivity index is 2.25.